The Morgan fingerprint density at radius 1 is 1.20 bits per heavy atom. The van der Waals surface area contributed by atoms with E-state index in [1.165, 1.54) is 12.5 Å². The topological polar surface area (TPSA) is 61.4 Å². The maximum Gasteiger partial charge on any atom is 0.243 e. The number of amides is 2. The molecule has 1 heterocycles. The van der Waals surface area contributed by atoms with E-state index in [0.29, 0.717) is 0 Å². The number of benzene rings is 1. The van der Waals surface area contributed by atoms with Crippen LogP contribution in [-0.2, 0) is 16.1 Å². The minimum atomic E-state index is -0.468. The lowest BCUT2D eigenvalue weighted by atomic mass is 10.0. The van der Waals surface area contributed by atoms with Gasteiger partial charge in [-0.25, -0.2) is 0 Å². The Kier molecular flexibility index (Phi) is 7.26. The van der Waals surface area contributed by atoms with Crippen molar-refractivity contribution >= 4 is 23.4 Å². The molecule has 0 radical (unpaired) electrons. The number of likely N-dealkylation sites (tertiary alicyclic amines) is 1. The Morgan fingerprint density at radius 2 is 1.80 bits per heavy atom. The zero-order chi connectivity index (χ0) is 18.4. The number of carbonyl (C=O) groups is 2. The number of hydrogen-bond donors (Lipinski definition) is 2. The lowest BCUT2D eigenvalue weighted by Gasteiger charge is -2.33. The highest BCUT2D eigenvalue weighted by Crippen LogP contribution is 2.16. The molecule has 1 unspecified atom stereocenters. The normalized spacial score (nSPS) is 17.3. The predicted octanol–water partition coefficient (Wildman–Crippen LogP) is 2.58. The highest BCUT2D eigenvalue weighted by atomic mass is 35.5. The summed E-state index contributed by atoms with van der Waals surface area (Å²) < 4.78 is 0. The largest absolute Gasteiger partial charge is 0.351 e. The van der Waals surface area contributed by atoms with Crippen LogP contribution in [0.25, 0.3) is 0 Å². The lowest BCUT2D eigenvalue weighted by molar-refractivity contribution is -0.129. The molecule has 25 heavy (non-hydrogen) atoms. The molecule has 0 saturated carbocycles. The summed E-state index contributed by atoms with van der Waals surface area (Å²) in [5.41, 5.74) is 1.25. The number of hydrogen-bond acceptors (Lipinski definition) is 3. The van der Waals surface area contributed by atoms with Crippen molar-refractivity contribution in [1.82, 2.24) is 15.5 Å². The van der Waals surface area contributed by atoms with Gasteiger partial charge >= 0.3 is 0 Å². The summed E-state index contributed by atoms with van der Waals surface area (Å²) >= 11 is 5.92. The van der Waals surface area contributed by atoms with Crippen molar-refractivity contribution in [3.63, 3.8) is 0 Å². The van der Waals surface area contributed by atoms with Crippen molar-refractivity contribution in [1.29, 1.82) is 0 Å². The lowest BCUT2D eigenvalue weighted by Crippen LogP contribution is -2.53. The van der Waals surface area contributed by atoms with E-state index in [4.69, 9.17) is 11.6 Å². The third kappa shape index (κ3) is 6.33. The van der Waals surface area contributed by atoms with Crippen LogP contribution in [0, 0.1) is 5.92 Å². The Labute approximate surface area is 155 Å². The minimum absolute atomic E-state index is 0.0638. The molecule has 2 rings (SSSR count). The Hall–Kier alpha value is -1.59. The molecule has 1 atom stereocenters. The molecule has 0 spiro atoms. The van der Waals surface area contributed by atoms with Crippen molar-refractivity contribution in [2.45, 2.75) is 52.2 Å². The zero-order valence-corrected chi connectivity index (χ0v) is 16.0. The van der Waals surface area contributed by atoms with Gasteiger partial charge in [0, 0.05) is 37.6 Å². The number of carbonyl (C=O) groups excluding carboxylic acids is 2. The van der Waals surface area contributed by atoms with Gasteiger partial charge in [0.1, 0.15) is 6.04 Å². The first-order chi connectivity index (χ1) is 11.8. The molecule has 138 valence electrons. The summed E-state index contributed by atoms with van der Waals surface area (Å²) in [5, 5.41) is 6.60. The number of nitrogens with one attached hydrogen (secondary N) is 2. The standard InChI is InChI=1S/C19H28ClN3O2/c1-13(2)18(21-14(3)24)19(25)22-17-8-10-23(11-9-17)12-15-4-6-16(20)7-5-15/h4-7,13,17-18H,8-12H2,1-3H3,(H,21,24)(H,22,25). The van der Waals surface area contributed by atoms with E-state index in [-0.39, 0.29) is 23.8 Å². The molecule has 0 aromatic heterocycles. The SMILES string of the molecule is CC(=O)NC(C(=O)NC1CCN(Cc2ccc(Cl)cc2)CC1)C(C)C. The molecule has 0 bridgehead atoms. The van der Waals surface area contributed by atoms with Gasteiger partial charge in [0.15, 0.2) is 0 Å². The average molecular weight is 366 g/mol. The van der Waals surface area contributed by atoms with Crippen molar-refractivity contribution in [2.75, 3.05) is 13.1 Å². The van der Waals surface area contributed by atoms with Gasteiger partial charge in [-0.2, -0.15) is 0 Å². The Balaban J connectivity index is 1.80. The van der Waals surface area contributed by atoms with Gasteiger partial charge in [0.2, 0.25) is 11.8 Å². The summed E-state index contributed by atoms with van der Waals surface area (Å²) in [6.07, 6.45) is 1.84. The van der Waals surface area contributed by atoms with Gasteiger partial charge in [-0.05, 0) is 36.5 Å². The fourth-order valence-electron chi connectivity index (χ4n) is 3.13. The number of nitrogens with zero attached hydrogens (tertiary/aromatic N) is 1. The maximum absolute atomic E-state index is 12.4. The molecule has 1 aliphatic rings. The first-order valence-electron chi connectivity index (χ1n) is 8.89. The fourth-order valence-corrected chi connectivity index (χ4v) is 3.25. The molecule has 1 saturated heterocycles. The second kappa shape index (κ2) is 9.20. The first kappa shape index (κ1) is 19.7. The van der Waals surface area contributed by atoms with Crippen LogP contribution in [0.4, 0.5) is 0 Å². The van der Waals surface area contributed by atoms with Crippen molar-refractivity contribution in [3.8, 4) is 0 Å². The van der Waals surface area contributed by atoms with Crippen LogP contribution >= 0.6 is 11.6 Å². The van der Waals surface area contributed by atoms with Crippen molar-refractivity contribution in [2.24, 2.45) is 5.92 Å². The van der Waals surface area contributed by atoms with E-state index < -0.39 is 6.04 Å². The smallest absolute Gasteiger partial charge is 0.243 e. The first-order valence-corrected chi connectivity index (χ1v) is 9.27. The predicted molar refractivity (Wildman–Crippen MR) is 100 cm³/mol. The summed E-state index contributed by atoms with van der Waals surface area (Å²) in [6, 6.07) is 7.64. The highest BCUT2D eigenvalue weighted by molar-refractivity contribution is 6.30. The molecular weight excluding hydrogens is 338 g/mol. The Morgan fingerprint density at radius 3 is 2.32 bits per heavy atom. The van der Waals surface area contributed by atoms with E-state index >= 15 is 0 Å². The summed E-state index contributed by atoms with van der Waals surface area (Å²) in [6.45, 7) is 8.11. The Bertz CT molecular complexity index is 581. The summed E-state index contributed by atoms with van der Waals surface area (Å²) in [7, 11) is 0. The van der Waals surface area contributed by atoms with Gasteiger partial charge < -0.3 is 10.6 Å². The molecule has 6 heteroatoms. The summed E-state index contributed by atoms with van der Waals surface area (Å²) in [4.78, 5) is 26.1. The molecule has 0 aliphatic carbocycles. The van der Waals surface area contributed by atoms with E-state index in [1.54, 1.807) is 0 Å². The van der Waals surface area contributed by atoms with Gasteiger partial charge in [0.05, 0.1) is 0 Å². The van der Waals surface area contributed by atoms with Crippen LogP contribution in [0.5, 0.6) is 0 Å². The molecule has 5 nitrogen and oxygen atoms in total. The van der Waals surface area contributed by atoms with E-state index in [2.05, 4.69) is 27.7 Å². The fraction of sp³-hybridized carbons (Fsp3) is 0.579. The molecular formula is C19H28ClN3O2. The highest BCUT2D eigenvalue weighted by Gasteiger charge is 2.27. The minimum Gasteiger partial charge on any atom is -0.351 e. The molecule has 2 N–H and O–H groups in total. The van der Waals surface area contributed by atoms with Crippen LogP contribution in [0.2, 0.25) is 5.02 Å². The molecule has 1 aliphatic heterocycles. The molecule has 1 aromatic carbocycles. The monoisotopic (exact) mass is 365 g/mol. The van der Waals surface area contributed by atoms with Crippen LogP contribution in [0.3, 0.4) is 0 Å². The average Bonchev–Trinajstić information content (AvgIpc) is 2.56. The third-order valence-corrected chi connectivity index (χ3v) is 4.81. The van der Waals surface area contributed by atoms with Gasteiger partial charge in [0.25, 0.3) is 0 Å². The van der Waals surface area contributed by atoms with E-state index in [0.717, 1.165) is 37.5 Å². The second-order valence-electron chi connectivity index (χ2n) is 7.11. The number of rotatable bonds is 6. The second-order valence-corrected chi connectivity index (χ2v) is 7.54. The number of piperidine rings is 1. The van der Waals surface area contributed by atoms with Crippen LogP contribution in [-0.4, -0.2) is 41.9 Å². The molecule has 2 amide bonds. The van der Waals surface area contributed by atoms with Crippen molar-refractivity contribution < 1.29 is 9.59 Å². The van der Waals surface area contributed by atoms with Gasteiger partial charge in [-0.3, -0.25) is 14.5 Å². The van der Waals surface area contributed by atoms with Gasteiger partial charge in [-0.15, -0.1) is 0 Å². The van der Waals surface area contributed by atoms with Gasteiger partial charge in [-0.1, -0.05) is 37.6 Å². The molecule has 1 aromatic rings. The molecule has 1 fully saturated rings. The van der Waals surface area contributed by atoms with Crippen LogP contribution in [0.1, 0.15) is 39.2 Å². The van der Waals surface area contributed by atoms with Crippen LogP contribution < -0.4 is 10.6 Å². The van der Waals surface area contributed by atoms with E-state index in [1.807, 2.05) is 26.0 Å². The quantitative estimate of drug-likeness (QED) is 0.814. The van der Waals surface area contributed by atoms with Crippen molar-refractivity contribution in [3.05, 3.63) is 34.9 Å². The van der Waals surface area contributed by atoms with E-state index in [9.17, 15) is 9.59 Å². The number of halogens is 1. The summed E-state index contributed by atoms with van der Waals surface area (Å²) in [5.74, 6) is -0.193. The van der Waals surface area contributed by atoms with Crippen LogP contribution in [0.15, 0.2) is 24.3 Å². The third-order valence-electron chi connectivity index (χ3n) is 4.56. The zero-order valence-electron chi connectivity index (χ0n) is 15.2. The maximum atomic E-state index is 12.4.